The predicted molar refractivity (Wildman–Crippen MR) is 120 cm³/mol. The zero-order valence-corrected chi connectivity index (χ0v) is 18.1. The van der Waals surface area contributed by atoms with Gasteiger partial charge < -0.3 is 5.32 Å². The lowest BCUT2D eigenvalue weighted by molar-refractivity contribution is -0.122. The van der Waals surface area contributed by atoms with Crippen molar-refractivity contribution in [1.29, 1.82) is 0 Å². The number of anilines is 2. The molecule has 0 aromatic heterocycles. The van der Waals surface area contributed by atoms with E-state index in [1.807, 2.05) is 12.2 Å². The highest BCUT2D eigenvalue weighted by Gasteiger charge is 2.47. The number of hydrogen-bond donors (Lipinski definition) is 1. The number of nitrogens with one attached hydrogen (secondary N) is 1. The maximum absolute atomic E-state index is 12.7. The van der Waals surface area contributed by atoms with Crippen molar-refractivity contribution < 1.29 is 14.4 Å². The number of nitrogens with zero attached hydrogens (tertiary/aromatic N) is 1. The van der Waals surface area contributed by atoms with Gasteiger partial charge in [0.05, 0.1) is 34.0 Å². The normalized spacial score (nSPS) is 20.4. The first-order valence-corrected chi connectivity index (χ1v) is 11.2. The zero-order chi connectivity index (χ0) is 21.3. The maximum Gasteiger partial charge on any atom is 0.238 e. The van der Waals surface area contributed by atoms with Crippen LogP contribution in [0.1, 0.15) is 12.8 Å². The molecule has 1 fully saturated rings. The number of hydrogen-bond acceptors (Lipinski definition) is 4. The summed E-state index contributed by atoms with van der Waals surface area (Å²) in [6, 6.07) is 12.0. The summed E-state index contributed by atoms with van der Waals surface area (Å²) in [4.78, 5) is 39.7. The Labute approximate surface area is 188 Å². The molecule has 0 bridgehead atoms. The number of allylic oxidation sites excluding steroid dienone is 2. The summed E-state index contributed by atoms with van der Waals surface area (Å²) in [5.74, 6) is -0.800. The Bertz CT molecular complexity index is 1010. The molecule has 3 amide bonds. The summed E-state index contributed by atoms with van der Waals surface area (Å²) < 4.78 is 0. The monoisotopic (exact) mass is 460 g/mol. The average Bonchev–Trinajstić information content (AvgIpc) is 3.00. The number of halogens is 2. The molecule has 154 valence electrons. The van der Waals surface area contributed by atoms with Crippen molar-refractivity contribution >= 4 is 64.1 Å². The number of fused-ring (bicyclic) bond motifs is 1. The molecular formula is C22H18Cl2N2O3S. The minimum atomic E-state index is -0.251. The number of benzene rings is 2. The van der Waals surface area contributed by atoms with E-state index >= 15 is 0 Å². The van der Waals surface area contributed by atoms with Gasteiger partial charge in [-0.2, -0.15) is 0 Å². The SMILES string of the molecule is O=C(CSc1ccc(N2C(=O)[C@H]3CC=CC[C@@H]3C2=O)cc1)Nc1cc(Cl)ccc1Cl. The summed E-state index contributed by atoms with van der Waals surface area (Å²) in [6.07, 6.45) is 5.17. The fourth-order valence-electron chi connectivity index (χ4n) is 3.67. The van der Waals surface area contributed by atoms with E-state index < -0.39 is 0 Å². The first-order valence-electron chi connectivity index (χ1n) is 9.44. The van der Waals surface area contributed by atoms with Crippen LogP contribution in [0.15, 0.2) is 59.5 Å². The van der Waals surface area contributed by atoms with Crippen molar-refractivity contribution in [2.75, 3.05) is 16.0 Å². The smallest absolute Gasteiger partial charge is 0.238 e. The molecule has 4 rings (SSSR count). The van der Waals surface area contributed by atoms with Crippen molar-refractivity contribution in [2.24, 2.45) is 11.8 Å². The Kier molecular flexibility index (Phi) is 6.18. The number of carbonyl (C=O) groups excluding carboxylic acids is 3. The molecular weight excluding hydrogens is 443 g/mol. The number of rotatable bonds is 5. The lowest BCUT2D eigenvalue weighted by Crippen LogP contribution is -2.30. The van der Waals surface area contributed by atoms with E-state index in [4.69, 9.17) is 23.2 Å². The van der Waals surface area contributed by atoms with Gasteiger partial charge in [-0.05, 0) is 55.3 Å². The molecule has 1 saturated heterocycles. The first-order chi connectivity index (χ1) is 14.4. The highest BCUT2D eigenvalue weighted by Crippen LogP contribution is 2.38. The lowest BCUT2D eigenvalue weighted by Gasteiger charge is -2.15. The summed E-state index contributed by atoms with van der Waals surface area (Å²) >= 11 is 13.3. The van der Waals surface area contributed by atoms with E-state index in [0.717, 1.165) is 4.90 Å². The van der Waals surface area contributed by atoms with E-state index in [9.17, 15) is 14.4 Å². The van der Waals surface area contributed by atoms with Gasteiger partial charge in [0.2, 0.25) is 17.7 Å². The van der Waals surface area contributed by atoms with Gasteiger partial charge in [0, 0.05) is 9.92 Å². The van der Waals surface area contributed by atoms with Gasteiger partial charge in [0.25, 0.3) is 0 Å². The minimum Gasteiger partial charge on any atom is -0.324 e. The molecule has 0 radical (unpaired) electrons. The summed E-state index contributed by atoms with van der Waals surface area (Å²) in [7, 11) is 0. The molecule has 8 heteroatoms. The molecule has 2 aliphatic rings. The molecule has 30 heavy (non-hydrogen) atoms. The number of carbonyl (C=O) groups is 3. The predicted octanol–water partition coefficient (Wildman–Crippen LogP) is 5.18. The van der Waals surface area contributed by atoms with Gasteiger partial charge >= 0.3 is 0 Å². The third-order valence-corrected chi connectivity index (χ3v) is 6.75. The van der Waals surface area contributed by atoms with Gasteiger partial charge in [0.15, 0.2) is 0 Å². The molecule has 2 aromatic carbocycles. The molecule has 1 aliphatic carbocycles. The Morgan fingerprint density at radius 1 is 1.00 bits per heavy atom. The summed E-state index contributed by atoms with van der Waals surface area (Å²) in [5, 5.41) is 3.64. The topological polar surface area (TPSA) is 66.5 Å². The van der Waals surface area contributed by atoms with Crippen LogP contribution in [0.2, 0.25) is 10.0 Å². The van der Waals surface area contributed by atoms with Crippen molar-refractivity contribution in [1.82, 2.24) is 0 Å². The van der Waals surface area contributed by atoms with Crippen LogP contribution in [0.25, 0.3) is 0 Å². The van der Waals surface area contributed by atoms with Gasteiger partial charge in [-0.25, -0.2) is 0 Å². The second-order valence-corrected chi connectivity index (χ2v) is 9.01. The fraction of sp³-hybridized carbons (Fsp3) is 0.227. The average molecular weight is 461 g/mol. The van der Waals surface area contributed by atoms with Crippen molar-refractivity contribution in [2.45, 2.75) is 17.7 Å². The third-order valence-electron chi connectivity index (χ3n) is 5.17. The van der Waals surface area contributed by atoms with Crippen LogP contribution in [0.3, 0.4) is 0 Å². The fourth-order valence-corrected chi connectivity index (χ4v) is 4.71. The molecule has 0 saturated carbocycles. The number of amides is 3. The van der Waals surface area contributed by atoms with Gasteiger partial charge in [-0.3, -0.25) is 19.3 Å². The Hall–Kier alpha value is -2.28. The maximum atomic E-state index is 12.7. The van der Waals surface area contributed by atoms with Crippen molar-refractivity contribution in [3.63, 3.8) is 0 Å². The van der Waals surface area contributed by atoms with Crippen LogP contribution in [0.5, 0.6) is 0 Å². The Balaban J connectivity index is 1.37. The lowest BCUT2D eigenvalue weighted by atomic mass is 9.85. The second kappa shape index (κ2) is 8.84. The standard InChI is InChI=1S/C22H18Cl2N2O3S/c23-13-5-10-18(24)19(11-13)25-20(27)12-30-15-8-6-14(7-9-15)26-21(28)16-3-1-2-4-17(16)22(26)29/h1-2,5-11,16-17H,3-4,12H2,(H,25,27)/t16-,17-/m0/s1. The van der Waals surface area contributed by atoms with Gasteiger partial charge in [-0.1, -0.05) is 35.4 Å². The molecule has 5 nitrogen and oxygen atoms in total. The van der Waals surface area contributed by atoms with Gasteiger partial charge in [0.1, 0.15) is 0 Å². The molecule has 1 aliphatic heterocycles. The Morgan fingerprint density at radius 3 is 2.27 bits per heavy atom. The van der Waals surface area contributed by atoms with Crippen LogP contribution in [-0.4, -0.2) is 23.5 Å². The van der Waals surface area contributed by atoms with Crippen molar-refractivity contribution in [3.05, 3.63) is 64.7 Å². The van der Waals surface area contributed by atoms with Crippen LogP contribution in [-0.2, 0) is 14.4 Å². The first kappa shape index (κ1) is 21.0. The molecule has 2 atom stereocenters. The molecule has 0 unspecified atom stereocenters. The van der Waals surface area contributed by atoms with Crippen LogP contribution < -0.4 is 10.2 Å². The van der Waals surface area contributed by atoms with E-state index in [2.05, 4.69) is 5.32 Å². The van der Waals surface area contributed by atoms with Crippen LogP contribution >= 0.6 is 35.0 Å². The van der Waals surface area contributed by atoms with Crippen molar-refractivity contribution in [3.8, 4) is 0 Å². The minimum absolute atomic E-state index is 0.132. The Morgan fingerprint density at radius 2 is 1.63 bits per heavy atom. The zero-order valence-electron chi connectivity index (χ0n) is 15.8. The highest BCUT2D eigenvalue weighted by atomic mass is 35.5. The molecule has 2 aromatic rings. The largest absolute Gasteiger partial charge is 0.324 e. The second-order valence-electron chi connectivity index (χ2n) is 7.12. The van der Waals surface area contributed by atoms with Gasteiger partial charge in [-0.15, -0.1) is 11.8 Å². The van der Waals surface area contributed by atoms with Crippen LogP contribution in [0, 0.1) is 11.8 Å². The third kappa shape index (κ3) is 4.26. The summed E-state index contributed by atoms with van der Waals surface area (Å²) in [6.45, 7) is 0. The molecule has 1 N–H and O–H groups in total. The molecule has 0 spiro atoms. The number of imide groups is 1. The van der Waals surface area contributed by atoms with E-state index in [1.54, 1.807) is 42.5 Å². The summed E-state index contributed by atoms with van der Waals surface area (Å²) in [5.41, 5.74) is 1.03. The van der Waals surface area contributed by atoms with E-state index in [0.29, 0.717) is 34.3 Å². The van der Waals surface area contributed by atoms with Crippen LogP contribution in [0.4, 0.5) is 11.4 Å². The quantitative estimate of drug-likeness (QED) is 0.379. The number of thioether (sulfide) groups is 1. The van der Waals surface area contributed by atoms with E-state index in [-0.39, 0.29) is 35.3 Å². The van der Waals surface area contributed by atoms with E-state index in [1.165, 1.54) is 16.7 Å². The molecule has 1 heterocycles. The highest BCUT2D eigenvalue weighted by molar-refractivity contribution is 8.00.